The van der Waals surface area contributed by atoms with Crippen LogP contribution in [-0.2, 0) is 4.79 Å². The van der Waals surface area contributed by atoms with Gasteiger partial charge in [-0.1, -0.05) is 0 Å². The number of carbonyl (C=O) groups is 2. The van der Waals surface area contributed by atoms with E-state index in [4.69, 9.17) is 9.47 Å². The van der Waals surface area contributed by atoms with E-state index in [1.54, 1.807) is 23.1 Å². The predicted octanol–water partition coefficient (Wildman–Crippen LogP) is -0.0809. The lowest BCUT2D eigenvalue weighted by Gasteiger charge is -2.38. The van der Waals surface area contributed by atoms with Crippen LogP contribution in [0, 0.1) is 5.92 Å². The topological polar surface area (TPSA) is 71.1 Å². The SMILES string of the molecule is O=C(c1ccc2c(c1)OCO2)N1CCN(C(=O)C2CNC2)CC1. The molecular weight excluding hydrogens is 298 g/mol. The molecule has 0 atom stereocenters. The summed E-state index contributed by atoms with van der Waals surface area (Å²) in [5.74, 6) is 1.58. The van der Waals surface area contributed by atoms with E-state index >= 15 is 0 Å². The summed E-state index contributed by atoms with van der Waals surface area (Å²) in [5, 5.41) is 3.12. The number of amides is 2. The molecule has 3 aliphatic rings. The molecule has 1 aromatic rings. The minimum Gasteiger partial charge on any atom is -0.454 e. The van der Waals surface area contributed by atoms with Crippen molar-refractivity contribution in [3.63, 3.8) is 0 Å². The summed E-state index contributed by atoms with van der Waals surface area (Å²) in [6.07, 6.45) is 0. The lowest BCUT2D eigenvalue weighted by molar-refractivity contribution is -0.138. The fourth-order valence-electron chi connectivity index (χ4n) is 3.06. The van der Waals surface area contributed by atoms with Gasteiger partial charge in [-0.3, -0.25) is 9.59 Å². The van der Waals surface area contributed by atoms with Gasteiger partial charge in [0.05, 0.1) is 5.92 Å². The second-order valence-electron chi connectivity index (χ2n) is 6.04. The molecule has 2 fully saturated rings. The molecule has 2 amide bonds. The first-order chi connectivity index (χ1) is 11.2. The lowest BCUT2D eigenvalue weighted by atomic mass is 10.0. The first kappa shape index (κ1) is 14.3. The predicted molar refractivity (Wildman–Crippen MR) is 81.4 cm³/mol. The van der Waals surface area contributed by atoms with E-state index < -0.39 is 0 Å². The molecular formula is C16H19N3O4. The van der Waals surface area contributed by atoms with Gasteiger partial charge in [0.25, 0.3) is 5.91 Å². The highest BCUT2D eigenvalue weighted by Crippen LogP contribution is 2.32. The number of benzene rings is 1. The van der Waals surface area contributed by atoms with Gasteiger partial charge in [0, 0.05) is 44.8 Å². The number of carbonyl (C=O) groups excluding carboxylic acids is 2. The highest BCUT2D eigenvalue weighted by Gasteiger charge is 2.32. The molecule has 2 saturated heterocycles. The summed E-state index contributed by atoms with van der Waals surface area (Å²) < 4.78 is 10.6. The standard InChI is InChI=1S/C16H19N3O4/c20-15(11-1-2-13-14(7-11)23-10-22-13)18-3-5-19(6-4-18)16(21)12-8-17-9-12/h1-2,7,12,17H,3-6,8-10H2. The van der Waals surface area contributed by atoms with Crippen LogP contribution >= 0.6 is 0 Å². The summed E-state index contributed by atoms with van der Waals surface area (Å²) in [6, 6.07) is 5.24. The van der Waals surface area contributed by atoms with E-state index in [-0.39, 0.29) is 24.5 Å². The van der Waals surface area contributed by atoms with Crippen LogP contribution in [0.1, 0.15) is 10.4 Å². The van der Waals surface area contributed by atoms with E-state index in [1.807, 2.05) is 4.90 Å². The van der Waals surface area contributed by atoms with Crippen molar-refractivity contribution in [3.8, 4) is 11.5 Å². The summed E-state index contributed by atoms with van der Waals surface area (Å²) in [5.41, 5.74) is 0.595. The Morgan fingerprint density at radius 2 is 1.70 bits per heavy atom. The van der Waals surface area contributed by atoms with Crippen LogP contribution in [0.25, 0.3) is 0 Å². The Hall–Kier alpha value is -2.28. The number of piperazine rings is 1. The van der Waals surface area contributed by atoms with Gasteiger partial charge in [-0.25, -0.2) is 0 Å². The normalized spacial score (nSPS) is 20.3. The van der Waals surface area contributed by atoms with Crippen LogP contribution in [0.5, 0.6) is 11.5 Å². The molecule has 0 saturated carbocycles. The smallest absolute Gasteiger partial charge is 0.254 e. The summed E-state index contributed by atoms with van der Waals surface area (Å²) >= 11 is 0. The Balaban J connectivity index is 1.38. The maximum absolute atomic E-state index is 12.6. The van der Waals surface area contributed by atoms with Gasteiger partial charge in [0.1, 0.15) is 0 Å². The molecule has 4 rings (SSSR count). The van der Waals surface area contributed by atoms with Crippen molar-refractivity contribution in [1.29, 1.82) is 0 Å². The second kappa shape index (κ2) is 5.73. The molecule has 122 valence electrons. The molecule has 0 aromatic heterocycles. The van der Waals surface area contributed by atoms with Crippen LogP contribution in [0.2, 0.25) is 0 Å². The zero-order valence-electron chi connectivity index (χ0n) is 12.8. The van der Waals surface area contributed by atoms with E-state index in [2.05, 4.69) is 5.32 Å². The first-order valence-corrected chi connectivity index (χ1v) is 7.91. The van der Waals surface area contributed by atoms with Crippen molar-refractivity contribution < 1.29 is 19.1 Å². The molecule has 1 N–H and O–H groups in total. The Morgan fingerprint density at radius 1 is 1.00 bits per heavy atom. The van der Waals surface area contributed by atoms with Gasteiger partial charge < -0.3 is 24.6 Å². The molecule has 0 bridgehead atoms. The van der Waals surface area contributed by atoms with E-state index in [9.17, 15) is 9.59 Å². The van der Waals surface area contributed by atoms with Crippen LogP contribution in [0.3, 0.4) is 0 Å². The fraction of sp³-hybridized carbons (Fsp3) is 0.500. The maximum Gasteiger partial charge on any atom is 0.254 e. The third-order valence-electron chi connectivity index (χ3n) is 4.63. The molecule has 23 heavy (non-hydrogen) atoms. The van der Waals surface area contributed by atoms with Crippen LogP contribution < -0.4 is 14.8 Å². The van der Waals surface area contributed by atoms with Crippen LogP contribution in [-0.4, -0.2) is 67.7 Å². The number of hydrogen-bond acceptors (Lipinski definition) is 5. The minimum atomic E-state index is -0.0271. The van der Waals surface area contributed by atoms with E-state index in [0.717, 1.165) is 13.1 Å². The van der Waals surface area contributed by atoms with Gasteiger partial charge in [0.15, 0.2) is 11.5 Å². The molecule has 1 aromatic carbocycles. The molecule has 0 unspecified atom stereocenters. The first-order valence-electron chi connectivity index (χ1n) is 7.91. The molecule has 0 aliphatic carbocycles. The zero-order chi connectivity index (χ0) is 15.8. The van der Waals surface area contributed by atoms with Crippen LogP contribution in [0.4, 0.5) is 0 Å². The molecule has 7 heteroatoms. The third-order valence-corrected chi connectivity index (χ3v) is 4.63. The third kappa shape index (κ3) is 2.61. The number of nitrogens with zero attached hydrogens (tertiary/aromatic N) is 2. The molecule has 0 spiro atoms. The average Bonchev–Trinajstić information content (AvgIpc) is 3.00. The van der Waals surface area contributed by atoms with E-state index in [1.165, 1.54) is 0 Å². The maximum atomic E-state index is 12.6. The number of ether oxygens (including phenoxy) is 2. The van der Waals surface area contributed by atoms with Crippen LogP contribution in [0.15, 0.2) is 18.2 Å². The van der Waals surface area contributed by atoms with Crippen molar-refractivity contribution in [1.82, 2.24) is 15.1 Å². The molecule has 0 radical (unpaired) electrons. The Bertz CT molecular complexity index is 636. The highest BCUT2D eigenvalue weighted by molar-refractivity contribution is 5.95. The largest absolute Gasteiger partial charge is 0.454 e. The summed E-state index contributed by atoms with van der Waals surface area (Å²) in [6.45, 7) is 4.09. The number of nitrogens with one attached hydrogen (secondary N) is 1. The Morgan fingerprint density at radius 3 is 2.39 bits per heavy atom. The van der Waals surface area contributed by atoms with Crippen molar-refractivity contribution in [2.75, 3.05) is 46.1 Å². The molecule has 3 heterocycles. The number of rotatable bonds is 2. The van der Waals surface area contributed by atoms with Crippen molar-refractivity contribution >= 4 is 11.8 Å². The van der Waals surface area contributed by atoms with Crippen molar-refractivity contribution in [3.05, 3.63) is 23.8 Å². The monoisotopic (exact) mass is 317 g/mol. The van der Waals surface area contributed by atoms with Gasteiger partial charge in [-0.2, -0.15) is 0 Å². The fourth-order valence-corrected chi connectivity index (χ4v) is 3.06. The number of fused-ring (bicyclic) bond motifs is 1. The molecule has 7 nitrogen and oxygen atoms in total. The van der Waals surface area contributed by atoms with Gasteiger partial charge in [-0.05, 0) is 18.2 Å². The quantitative estimate of drug-likeness (QED) is 0.826. The summed E-state index contributed by atoms with van der Waals surface area (Å²) in [4.78, 5) is 28.5. The Kier molecular flexibility index (Phi) is 3.57. The van der Waals surface area contributed by atoms with Crippen molar-refractivity contribution in [2.45, 2.75) is 0 Å². The zero-order valence-corrected chi connectivity index (χ0v) is 12.8. The summed E-state index contributed by atoms with van der Waals surface area (Å²) in [7, 11) is 0. The highest BCUT2D eigenvalue weighted by atomic mass is 16.7. The van der Waals surface area contributed by atoms with Gasteiger partial charge >= 0.3 is 0 Å². The lowest BCUT2D eigenvalue weighted by Crippen LogP contribution is -2.57. The second-order valence-corrected chi connectivity index (χ2v) is 6.04. The van der Waals surface area contributed by atoms with Gasteiger partial charge in [-0.15, -0.1) is 0 Å². The number of hydrogen-bond donors (Lipinski definition) is 1. The minimum absolute atomic E-state index is 0.0271. The van der Waals surface area contributed by atoms with Crippen molar-refractivity contribution in [2.24, 2.45) is 5.92 Å². The Labute approximate surface area is 134 Å². The molecule has 3 aliphatic heterocycles. The van der Waals surface area contributed by atoms with Gasteiger partial charge in [0.2, 0.25) is 12.7 Å². The average molecular weight is 317 g/mol. The van der Waals surface area contributed by atoms with E-state index in [0.29, 0.717) is 43.2 Å².